The quantitative estimate of drug-likeness (QED) is 0.766. The molecule has 0 bridgehead atoms. The molecular formula is C15H15N4O. The molecule has 5 nitrogen and oxygen atoms in total. The number of primary amides is 1. The minimum atomic E-state index is -0.542. The maximum Gasteiger partial charge on any atom is 0.269 e. The van der Waals surface area contributed by atoms with Gasteiger partial charge in [0.1, 0.15) is 0 Å². The first kappa shape index (κ1) is 12.5. The predicted octanol–water partition coefficient (Wildman–Crippen LogP) is 1.83. The molecule has 0 unspecified atom stereocenters. The highest BCUT2D eigenvalue weighted by Gasteiger charge is 2.05. The fraction of sp³-hybridized carbons (Fsp3) is 0.200. The summed E-state index contributed by atoms with van der Waals surface area (Å²) in [4.78, 5) is 10.9. The number of carbonyl (C=O) groups is 1. The van der Waals surface area contributed by atoms with Gasteiger partial charge in [0, 0.05) is 37.1 Å². The molecule has 0 aliphatic rings. The van der Waals surface area contributed by atoms with Crippen LogP contribution in [0.25, 0.3) is 10.9 Å². The van der Waals surface area contributed by atoms with Gasteiger partial charge in [-0.15, -0.1) is 0 Å². The molecule has 20 heavy (non-hydrogen) atoms. The summed E-state index contributed by atoms with van der Waals surface area (Å²) in [7, 11) is 0. The lowest BCUT2D eigenvalue weighted by atomic mass is 10.2. The van der Waals surface area contributed by atoms with Crippen molar-refractivity contribution in [3.63, 3.8) is 0 Å². The molecule has 0 saturated heterocycles. The average Bonchev–Trinajstić information content (AvgIpc) is 3.06. The van der Waals surface area contributed by atoms with Crippen LogP contribution in [0.2, 0.25) is 0 Å². The molecule has 2 aromatic heterocycles. The summed E-state index contributed by atoms with van der Waals surface area (Å²) in [5, 5.41) is 5.31. The van der Waals surface area contributed by atoms with Crippen LogP contribution in [-0.4, -0.2) is 20.3 Å². The van der Waals surface area contributed by atoms with Crippen LogP contribution in [0.5, 0.6) is 0 Å². The van der Waals surface area contributed by atoms with Crippen LogP contribution in [-0.2, 0) is 13.1 Å². The third-order valence-corrected chi connectivity index (χ3v) is 3.28. The van der Waals surface area contributed by atoms with Gasteiger partial charge in [0.25, 0.3) is 5.91 Å². The summed E-state index contributed by atoms with van der Waals surface area (Å²) in [6, 6.07) is 13.2. The molecule has 0 spiro atoms. The molecule has 1 aromatic carbocycles. The van der Waals surface area contributed by atoms with Gasteiger partial charge < -0.3 is 10.3 Å². The molecule has 0 aliphatic carbocycles. The first-order chi connectivity index (χ1) is 9.74. The van der Waals surface area contributed by atoms with Crippen LogP contribution in [0.4, 0.5) is 0 Å². The normalized spacial score (nSPS) is 11.0. The van der Waals surface area contributed by atoms with E-state index in [-0.39, 0.29) is 5.69 Å². The number of para-hydroxylation sites is 1. The summed E-state index contributed by atoms with van der Waals surface area (Å²) in [5.74, 6) is -0.542. The number of hydrogen-bond acceptors (Lipinski definition) is 2. The maximum absolute atomic E-state index is 10.9. The minimum absolute atomic E-state index is 0.191. The molecule has 0 atom stereocenters. The Hall–Kier alpha value is -2.56. The molecule has 3 rings (SSSR count). The summed E-state index contributed by atoms with van der Waals surface area (Å²) >= 11 is 0. The Labute approximate surface area is 116 Å². The summed E-state index contributed by atoms with van der Waals surface area (Å²) in [6.45, 7) is 1.63. The van der Waals surface area contributed by atoms with Crippen molar-refractivity contribution in [2.45, 2.75) is 19.5 Å². The Morgan fingerprint density at radius 1 is 1.25 bits per heavy atom. The Kier molecular flexibility index (Phi) is 3.25. The molecule has 2 N–H and O–H groups in total. The number of nitrogens with zero attached hydrogens (tertiary/aromatic N) is 3. The van der Waals surface area contributed by atoms with Crippen LogP contribution < -0.4 is 5.73 Å². The van der Waals surface area contributed by atoms with Crippen molar-refractivity contribution >= 4 is 16.8 Å². The van der Waals surface area contributed by atoms with Crippen molar-refractivity contribution in [2.24, 2.45) is 5.73 Å². The number of aromatic nitrogens is 3. The zero-order chi connectivity index (χ0) is 13.9. The van der Waals surface area contributed by atoms with Crippen molar-refractivity contribution in [3.05, 3.63) is 54.5 Å². The minimum Gasteiger partial charge on any atom is -0.364 e. The number of amides is 1. The molecule has 0 aliphatic heterocycles. The van der Waals surface area contributed by atoms with Crippen LogP contribution in [0, 0.1) is 6.07 Å². The monoisotopic (exact) mass is 267 g/mol. The molecule has 1 amide bonds. The van der Waals surface area contributed by atoms with Gasteiger partial charge in [-0.1, -0.05) is 18.2 Å². The predicted molar refractivity (Wildman–Crippen MR) is 76.1 cm³/mol. The maximum atomic E-state index is 10.9. The number of benzene rings is 1. The van der Waals surface area contributed by atoms with E-state index in [1.165, 1.54) is 10.9 Å². The summed E-state index contributed by atoms with van der Waals surface area (Å²) < 4.78 is 3.92. The van der Waals surface area contributed by atoms with Crippen molar-refractivity contribution in [1.82, 2.24) is 14.3 Å². The van der Waals surface area contributed by atoms with Gasteiger partial charge in [-0.25, -0.2) is 0 Å². The smallest absolute Gasteiger partial charge is 0.269 e. The third kappa shape index (κ3) is 2.42. The number of nitrogens with two attached hydrogens (primary N) is 1. The molecule has 1 radical (unpaired) electrons. The van der Waals surface area contributed by atoms with E-state index < -0.39 is 5.91 Å². The van der Waals surface area contributed by atoms with Crippen molar-refractivity contribution in [3.8, 4) is 0 Å². The van der Waals surface area contributed by atoms with Crippen molar-refractivity contribution in [2.75, 3.05) is 0 Å². The van der Waals surface area contributed by atoms with Gasteiger partial charge >= 0.3 is 0 Å². The Morgan fingerprint density at radius 3 is 2.90 bits per heavy atom. The van der Waals surface area contributed by atoms with Crippen LogP contribution in [0.1, 0.15) is 16.9 Å². The molecule has 2 heterocycles. The van der Waals surface area contributed by atoms with E-state index in [2.05, 4.69) is 40.1 Å². The van der Waals surface area contributed by atoms with Gasteiger partial charge in [0.05, 0.1) is 0 Å². The second kappa shape index (κ2) is 5.21. The van der Waals surface area contributed by atoms with Gasteiger partial charge in [-0.3, -0.25) is 9.48 Å². The Morgan fingerprint density at radius 2 is 2.10 bits per heavy atom. The van der Waals surface area contributed by atoms with Crippen molar-refractivity contribution < 1.29 is 4.79 Å². The lowest BCUT2D eigenvalue weighted by Gasteiger charge is -2.05. The van der Waals surface area contributed by atoms with Gasteiger partial charge in [0.15, 0.2) is 5.69 Å². The van der Waals surface area contributed by atoms with Gasteiger partial charge in [0.2, 0.25) is 0 Å². The SMILES string of the molecule is NC(=O)c1[c]cn(CCCn2ccc3ccccc32)n1. The lowest BCUT2D eigenvalue weighted by molar-refractivity contribution is 0.0994. The van der Waals surface area contributed by atoms with Crippen LogP contribution in [0.15, 0.2) is 42.7 Å². The lowest BCUT2D eigenvalue weighted by Crippen LogP contribution is -2.13. The van der Waals surface area contributed by atoms with Crippen molar-refractivity contribution in [1.29, 1.82) is 0 Å². The van der Waals surface area contributed by atoms with Crippen LogP contribution >= 0.6 is 0 Å². The topological polar surface area (TPSA) is 65.8 Å². The number of carbonyl (C=O) groups excluding carboxylic acids is 1. The highest BCUT2D eigenvalue weighted by atomic mass is 16.1. The fourth-order valence-electron chi connectivity index (χ4n) is 2.30. The highest BCUT2D eigenvalue weighted by Crippen LogP contribution is 2.15. The second-order valence-corrected chi connectivity index (χ2v) is 4.67. The molecule has 101 valence electrons. The Balaban J connectivity index is 1.63. The second-order valence-electron chi connectivity index (χ2n) is 4.67. The first-order valence-electron chi connectivity index (χ1n) is 6.53. The zero-order valence-corrected chi connectivity index (χ0v) is 11.0. The van der Waals surface area contributed by atoms with E-state index in [1.54, 1.807) is 10.9 Å². The van der Waals surface area contributed by atoms with E-state index in [1.807, 2.05) is 12.1 Å². The number of fused-ring (bicyclic) bond motifs is 1. The summed E-state index contributed by atoms with van der Waals surface area (Å²) in [5.41, 5.74) is 6.57. The van der Waals surface area contributed by atoms with E-state index >= 15 is 0 Å². The number of hydrogen-bond donors (Lipinski definition) is 1. The number of aryl methyl sites for hydroxylation is 2. The Bertz CT molecular complexity index is 741. The average molecular weight is 267 g/mol. The fourth-order valence-corrected chi connectivity index (χ4v) is 2.30. The molecule has 0 fully saturated rings. The molecule has 5 heteroatoms. The zero-order valence-electron chi connectivity index (χ0n) is 11.0. The van der Waals surface area contributed by atoms with E-state index in [9.17, 15) is 4.79 Å². The largest absolute Gasteiger partial charge is 0.364 e. The highest BCUT2D eigenvalue weighted by molar-refractivity contribution is 5.90. The molecule has 0 saturated carbocycles. The van der Waals surface area contributed by atoms with Gasteiger partial charge in [-0.2, -0.15) is 5.10 Å². The van der Waals surface area contributed by atoms with Crippen LogP contribution in [0.3, 0.4) is 0 Å². The van der Waals surface area contributed by atoms with Gasteiger partial charge in [-0.05, 0) is 23.9 Å². The van der Waals surface area contributed by atoms with E-state index in [0.717, 1.165) is 19.5 Å². The van der Waals surface area contributed by atoms with E-state index in [4.69, 9.17) is 5.73 Å². The number of rotatable bonds is 5. The summed E-state index contributed by atoms with van der Waals surface area (Å²) in [6.07, 6.45) is 4.68. The molecule has 3 aromatic rings. The third-order valence-electron chi connectivity index (χ3n) is 3.28. The molecular weight excluding hydrogens is 252 g/mol. The van der Waals surface area contributed by atoms with E-state index in [0.29, 0.717) is 0 Å². The first-order valence-corrected chi connectivity index (χ1v) is 6.53. The standard InChI is InChI=1S/C15H15N4O/c16-15(20)13-7-11-19(17-13)9-3-8-18-10-6-12-4-1-2-5-14(12)18/h1-2,4-6,10-11H,3,8-9H2,(H2,16,20).